The molecule has 0 aliphatic carbocycles. The van der Waals surface area contributed by atoms with Gasteiger partial charge in [-0.3, -0.25) is 24.3 Å². The second-order valence-corrected chi connectivity index (χ2v) is 5.04. The third-order valence-electron chi connectivity index (χ3n) is 3.61. The van der Waals surface area contributed by atoms with Crippen LogP contribution >= 0.6 is 0 Å². The number of likely N-dealkylation sites (tertiary alicyclic amines) is 1. The lowest BCUT2D eigenvalue weighted by Crippen LogP contribution is -2.44. The number of amides is 1. The Labute approximate surface area is 116 Å². The van der Waals surface area contributed by atoms with Crippen LogP contribution in [0, 0.1) is 10.1 Å². The summed E-state index contributed by atoms with van der Waals surface area (Å²) in [4.78, 5) is 35.7. The van der Waals surface area contributed by atoms with Crippen molar-refractivity contribution in [3.63, 3.8) is 0 Å². The summed E-state index contributed by atoms with van der Waals surface area (Å²) in [5.41, 5.74) is -0.599. The van der Waals surface area contributed by atoms with Gasteiger partial charge in [0.25, 0.3) is 11.2 Å². The second kappa shape index (κ2) is 5.85. The number of piperidine rings is 1. The molecule has 1 aromatic heterocycles. The fourth-order valence-corrected chi connectivity index (χ4v) is 2.46. The molecule has 1 atom stereocenters. The van der Waals surface area contributed by atoms with Crippen molar-refractivity contribution in [3.05, 3.63) is 38.8 Å². The molecule has 0 radical (unpaired) electrons. The van der Waals surface area contributed by atoms with E-state index in [1.165, 1.54) is 0 Å². The van der Waals surface area contributed by atoms with Crippen LogP contribution in [0.3, 0.4) is 0 Å². The lowest BCUT2D eigenvalue weighted by atomic mass is 10.0. The number of carbonyl (C=O) groups excluding carboxylic acids is 1. The van der Waals surface area contributed by atoms with Crippen molar-refractivity contribution in [1.82, 2.24) is 9.47 Å². The smallest absolute Gasteiger partial charge is 0.285 e. The molecule has 1 amide bonds. The first kappa shape index (κ1) is 14.2. The summed E-state index contributed by atoms with van der Waals surface area (Å²) in [5, 5.41) is 10.7. The van der Waals surface area contributed by atoms with Gasteiger partial charge in [-0.05, 0) is 26.2 Å². The highest BCUT2D eigenvalue weighted by atomic mass is 16.6. The number of carbonyl (C=O) groups is 1. The lowest BCUT2D eigenvalue weighted by molar-refractivity contribution is -0.385. The summed E-state index contributed by atoms with van der Waals surface area (Å²) in [6, 6.07) is 2.42. The Morgan fingerprint density at radius 1 is 1.45 bits per heavy atom. The van der Waals surface area contributed by atoms with Crippen LogP contribution in [0.25, 0.3) is 0 Å². The topological polar surface area (TPSA) is 85.4 Å². The van der Waals surface area contributed by atoms with Crippen molar-refractivity contribution in [3.8, 4) is 0 Å². The van der Waals surface area contributed by atoms with Crippen LogP contribution in [-0.2, 0) is 11.3 Å². The van der Waals surface area contributed by atoms with E-state index in [4.69, 9.17) is 0 Å². The van der Waals surface area contributed by atoms with Gasteiger partial charge in [0.1, 0.15) is 6.54 Å². The summed E-state index contributed by atoms with van der Waals surface area (Å²) in [5.74, 6) is -0.167. The molecular weight excluding hydrogens is 262 g/mol. The van der Waals surface area contributed by atoms with E-state index in [0.29, 0.717) is 6.54 Å². The van der Waals surface area contributed by atoms with Crippen molar-refractivity contribution >= 4 is 11.6 Å². The van der Waals surface area contributed by atoms with Gasteiger partial charge in [-0.1, -0.05) is 0 Å². The van der Waals surface area contributed by atoms with E-state index in [1.807, 2.05) is 6.92 Å². The van der Waals surface area contributed by atoms with Crippen LogP contribution in [0.5, 0.6) is 0 Å². The minimum atomic E-state index is -0.579. The summed E-state index contributed by atoms with van der Waals surface area (Å²) < 4.78 is 1.10. The standard InChI is InChI=1S/C13H17N3O4/c1-10-4-2-3-7-15(10)13(18)9-14-8-11(16(19)20)5-6-12(14)17/h5-6,8,10H,2-4,7,9H2,1H3/t10-/m1/s1. The molecule has 0 unspecified atom stereocenters. The van der Waals surface area contributed by atoms with Crippen LogP contribution < -0.4 is 5.56 Å². The van der Waals surface area contributed by atoms with Gasteiger partial charge >= 0.3 is 0 Å². The highest BCUT2D eigenvalue weighted by molar-refractivity contribution is 5.76. The third kappa shape index (κ3) is 3.04. The van der Waals surface area contributed by atoms with Gasteiger partial charge in [-0.2, -0.15) is 0 Å². The SMILES string of the molecule is C[C@@H]1CCCCN1C(=O)Cn1cc([N+](=O)[O-])ccc1=O. The summed E-state index contributed by atoms with van der Waals surface area (Å²) >= 11 is 0. The summed E-state index contributed by atoms with van der Waals surface area (Å²) in [6.07, 6.45) is 4.13. The molecule has 0 N–H and O–H groups in total. The van der Waals surface area contributed by atoms with Crippen LogP contribution in [0.2, 0.25) is 0 Å². The normalized spacial score (nSPS) is 18.9. The first-order chi connectivity index (χ1) is 9.49. The number of nitrogens with zero attached hydrogens (tertiary/aromatic N) is 3. The van der Waals surface area contributed by atoms with E-state index >= 15 is 0 Å². The Kier molecular flexibility index (Phi) is 4.16. The van der Waals surface area contributed by atoms with Crippen LogP contribution in [0.1, 0.15) is 26.2 Å². The van der Waals surface area contributed by atoms with Crippen molar-refractivity contribution in [2.24, 2.45) is 0 Å². The predicted octanol–water partition coefficient (Wildman–Crippen LogP) is 1.16. The van der Waals surface area contributed by atoms with Gasteiger partial charge in [0.15, 0.2) is 0 Å². The Morgan fingerprint density at radius 3 is 2.85 bits per heavy atom. The Morgan fingerprint density at radius 2 is 2.20 bits per heavy atom. The molecule has 1 saturated heterocycles. The molecule has 1 aliphatic rings. The maximum atomic E-state index is 12.2. The van der Waals surface area contributed by atoms with Gasteiger partial charge in [0.05, 0.1) is 11.1 Å². The number of rotatable bonds is 3. The zero-order valence-corrected chi connectivity index (χ0v) is 11.3. The van der Waals surface area contributed by atoms with E-state index in [-0.39, 0.29) is 24.2 Å². The summed E-state index contributed by atoms with van der Waals surface area (Å²) in [6.45, 7) is 2.52. The largest absolute Gasteiger partial charge is 0.338 e. The van der Waals surface area contributed by atoms with E-state index in [0.717, 1.165) is 42.2 Å². The Hall–Kier alpha value is -2.18. The molecule has 0 bridgehead atoms. The van der Waals surface area contributed by atoms with Crippen LogP contribution in [0.4, 0.5) is 5.69 Å². The minimum Gasteiger partial charge on any atom is -0.338 e. The van der Waals surface area contributed by atoms with Gasteiger partial charge in [0, 0.05) is 24.7 Å². The molecule has 1 aliphatic heterocycles. The average Bonchev–Trinajstić information content (AvgIpc) is 2.41. The molecule has 1 fully saturated rings. The molecule has 7 heteroatoms. The number of pyridine rings is 1. The highest BCUT2D eigenvalue weighted by Crippen LogP contribution is 2.17. The molecule has 1 aromatic rings. The Bertz CT molecular complexity index is 581. The molecule has 7 nitrogen and oxygen atoms in total. The quantitative estimate of drug-likeness (QED) is 0.613. The predicted molar refractivity (Wildman–Crippen MR) is 72.4 cm³/mol. The second-order valence-electron chi connectivity index (χ2n) is 5.04. The van der Waals surface area contributed by atoms with Gasteiger partial charge in [0.2, 0.25) is 5.91 Å². The number of nitro groups is 1. The van der Waals surface area contributed by atoms with Gasteiger partial charge in [-0.25, -0.2) is 0 Å². The first-order valence-electron chi connectivity index (χ1n) is 6.63. The number of hydrogen-bond acceptors (Lipinski definition) is 4. The average molecular weight is 279 g/mol. The van der Waals surface area contributed by atoms with Crippen molar-refractivity contribution < 1.29 is 9.72 Å². The molecule has 0 aromatic carbocycles. The molecule has 2 rings (SSSR count). The van der Waals surface area contributed by atoms with Crippen LogP contribution in [-0.4, -0.2) is 32.9 Å². The van der Waals surface area contributed by atoms with E-state index in [1.54, 1.807) is 4.90 Å². The van der Waals surface area contributed by atoms with Crippen molar-refractivity contribution in [1.29, 1.82) is 0 Å². The molecular formula is C13H17N3O4. The molecule has 20 heavy (non-hydrogen) atoms. The summed E-state index contributed by atoms with van der Waals surface area (Å²) in [7, 11) is 0. The molecule has 0 spiro atoms. The zero-order valence-electron chi connectivity index (χ0n) is 11.3. The fraction of sp³-hybridized carbons (Fsp3) is 0.538. The zero-order chi connectivity index (χ0) is 14.7. The monoisotopic (exact) mass is 279 g/mol. The van der Waals surface area contributed by atoms with Crippen LogP contribution in [0.15, 0.2) is 23.1 Å². The van der Waals surface area contributed by atoms with Gasteiger partial charge in [-0.15, -0.1) is 0 Å². The Balaban J connectivity index is 2.16. The maximum Gasteiger partial charge on any atom is 0.285 e. The molecule has 2 heterocycles. The fourth-order valence-electron chi connectivity index (χ4n) is 2.46. The van der Waals surface area contributed by atoms with Crippen molar-refractivity contribution in [2.75, 3.05) is 6.54 Å². The molecule has 0 saturated carbocycles. The lowest BCUT2D eigenvalue weighted by Gasteiger charge is -2.33. The number of aromatic nitrogens is 1. The highest BCUT2D eigenvalue weighted by Gasteiger charge is 2.23. The third-order valence-corrected chi connectivity index (χ3v) is 3.61. The van der Waals surface area contributed by atoms with E-state index in [9.17, 15) is 19.7 Å². The maximum absolute atomic E-state index is 12.2. The minimum absolute atomic E-state index is 0.148. The first-order valence-corrected chi connectivity index (χ1v) is 6.63. The molecule has 108 valence electrons. The van der Waals surface area contributed by atoms with Gasteiger partial charge < -0.3 is 4.90 Å². The number of hydrogen-bond donors (Lipinski definition) is 0. The van der Waals surface area contributed by atoms with E-state index < -0.39 is 10.5 Å². The van der Waals surface area contributed by atoms with Crippen molar-refractivity contribution in [2.45, 2.75) is 38.8 Å². The van der Waals surface area contributed by atoms with E-state index in [2.05, 4.69) is 0 Å².